The SMILES string of the molecule is O=C(Cn1cc(Br)c(=O)[nH]c1=O)NOCc1ccccc1. The van der Waals surface area contributed by atoms with Crippen LogP contribution in [0.1, 0.15) is 5.56 Å². The molecule has 2 rings (SSSR count). The summed E-state index contributed by atoms with van der Waals surface area (Å²) in [4.78, 5) is 41.4. The van der Waals surface area contributed by atoms with Crippen molar-refractivity contribution in [3.63, 3.8) is 0 Å². The number of aromatic amines is 1. The maximum absolute atomic E-state index is 11.6. The quantitative estimate of drug-likeness (QED) is 0.767. The van der Waals surface area contributed by atoms with Crippen molar-refractivity contribution in [2.75, 3.05) is 0 Å². The molecule has 1 heterocycles. The van der Waals surface area contributed by atoms with E-state index >= 15 is 0 Å². The van der Waals surface area contributed by atoms with E-state index < -0.39 is 17.2 Å². The van der Waals surface area contributed by atoms with Gasteiger partial charge in [-0.2, -0.15) is 0 Å². The van der Waals surface area contributed by atoms with Crippen molar-refractivity contribution in [3.05, 3.63) is 67.4 Å². The maximum atomic E-state index is 11.6. The van der Waals surface area contributed by atoms with Gasteiger partial charge in [0.05, 0.1) is 11.1 Å². The van der Waals surface area contributed by atoms with Crippen LogP contribution in [0.3, 0.4) is 0 Å². The lowest BCUT2D eigenvalue weighted by molar-refractivity contribution is -0.135. The Morgan fingerprint density at radius 3 is 2.71 bits per heavy atom. The molecule has 2 aromatic rings. The second kappa shape index (κ2) is 7.00. The van der Waals surface area contributed by atoms with Gasteiger partial charge in [-0.1, -0.05) is 30.3 Å². The van der Waals surface area contributed by atoms with Crippen molar-refractivity contribution >= 4 is 21.8 Å². The zero-order valence-corrected chi connectivity index (χ0v) is 12.4. The van der Waals surface area contributed by atoms with Crippen molar-refractivity contribution in [2.45, 2.75) is 13.2 Å². The molecule has 0 aliphatic carbocycles. The third kappa shape index (κ3) is 4.40. The van der Waals surface area contributed by atoms with Gasteiger partial charge in [0.2, 0.25) is 0 Å². The van der Waals surface area contributed by atoms with Crippen molar-refractivity contribution in [1.29, 1.82) is 0 Å². The number of H-pyrrole nitrogens is 1. The smallest absolute Gasteiger partial charge is 0.290 e. The molecule has 0 unspecified atom stereocenters. The summed E-state index contributed by atoms with van der Waals surface area (Å²) in [7, 11) is 0. The van der Waals surface area contributed by atoms with E-state index in [4.69, 9.17) is 4.84 Å². The lowest BCUT2D eigenvalue weighted by Gasteiger charge is -2.07. The van der Waals surface area contributed by atoms with Crippen molar-refractivity contribution in [3.8, 4) is 0 Å². The molecular weight excluding hydrogens is 342 g/mol. The minimum absolute atomic E-state index is 0.167. The molecule has 0 atom stereocenters. The Kier molecular flexibility index (Phi) is 5.07. The van der Waals surface area contributed by atoms with Crippen LogP contribution in [0.4, 0.5) is 0 Å². The highest BCUT2D eigenvalue weighted by Gasteiger charge is 2.07. The topological polar surface area (TPSA) is 93.2 Å². The fourth-order valence-electron chi connectivity index (χ4n) is 1.56. The maximum Gasteiger partial charge on any atom is 0.328 e. The second-order valence-corrected chi connectivity index (χ2v) is 5.02. The zero-order valence-electron chi connectivity index (χ0n) is 10.8. The van der Waals surface area contributed by atoms with E-state index in [-0.39, 0.29) is 17.6 Å². The van der Waals surface area contributed by atoms with Gasteiger partial charge < -0.3 is 0 Å². The number of carbonyl (C=O) groups is 1. The molecule has 0 radical (unpaired) electrons. The number of halogens is 1. The van der Waals surface area contributed by atoms with Gasteiger partial charge in [-0.15, -0.1) is 0 Å². The first-order valence-electron chi connectivity index (χ1n) is 6.00. The number of hydroxylamine groups is 1. The van der Waals surface area contributed by atoms with Crippen LogP contribution in [0, 0.1) is 0 Å². The number of benzene rings is 1. The van der Waals surface area contributed by atoms with Gasteiger partial charge in [-0.3, -0.25) is 24.0 Å². The van der Waals surface area contributed by atoms with Crippen LogP contribution in [0.5, 0.6) is 0 Å². The monoisotopic (exact) mass is 353 g/mol. The molecule has 0 saturated heterocycles. The molecule has 8 heteroatoms. The number of nitrogens with one attached hydrogen (secondary N) is 2. The number of nitrogens with zero attached hydrogens (tertiary/aromatic N) is 1. The number of carbonyl (C=O) groups excluding carboxylic acids is 1. The molecule has 1 aromatic heterocycles. The third-order valence-electron chi connectivity index (χ3n) is 2.55. The van der Waals surface area contributed by atoms with E-state index in [0.29, 0.717) is 0 Å². The predicted octanol–water partition coefficient (Wildman–Crippen LogP) is 0.547. The molecule has 0 spiro atoms. The standard InChI is InChI=1S/C13H12BrN3O4/c14-10-6-17(13(20)15-12(10)19)7-11(18)16-21-8-9-4-2-1-3-5-9/h1-6H,7-8H2,(H,16,18)(H,15,19,20). The molecule has 21 heavy (non-hydrogen) atoms. The number of rotatable bonds is 5. The molecule has 1 amide bonds. The Morgan fingerprint density at radius 1 is 1.29 bits per heavy atom. The fraction of sp³-hybridized carbons (Fsp3) is 0.154. The van der Waals surface area contributed by atoms with Gasteiger partial charge in [0.1, 0.15) is 6.54 Å². The Balaban J connectivity index is 1.89. The Labute approximate surface area is 127 Å². The summed E-state index contributed by atoms with van der Waals surface area (Å²) in [6.07, 6.45) is 1.25. The molecule has 0 aliphatic rings. The summed E-state index contributed by atoms with van der Waals surface area (Å²) >= 11 is 2.99. The van der Waals surface area contributed by atoms with Gasteiger partial charge in [0.15, 0.2) is 0 Å². The first-order chi connectivity index (χ1) is 10.1. The predicted molar refractivity (Wildman–Crippen MR) is 78.4 cm³/mol. The van der Waals surface area contributed by atoms with E-state index in [0.717, 1.165) is 10.1 Å². The summed E-state index contributed by atoms with van der Waals surface area (Å²) in [5, 5.41) is 0. The molecular formula is C13H12BrN3O4. The van der Waals surface area contributed by atoms with Gasteiger partial charge in [0, 0.05) is 6.20 Å². The molecule has 7 nitrogen and oxygen atoms in total. The summed E-state index contributed by atoms with van der Waals surface area (Å²) in [5.74, 6) is -0.507. The normalized spacial score (nSPS) is 10.3. The highest BCUT2D eigenvalue weighted by Crippen LogP contribution is 1.99. The first kappa shape index (κ1) is 15.2. The first-order valence-corrected chi connectivity index (χ1v) is 6.79. The van der Waals surface area contributed by atoms with Crippen LogP contribution in [-0.4, -0.2) is 15.5 Å². The van der Waals surface area contributed by atoms with Gasteiger partial charge >= 0.3 is 5.69 Å². The summed E-state index contributed by atoms with van der Waals surface area (Å²) < 4.78 is 1.23. The number of aromatic nitrogens is 2. The summed E-state index contributed by atoms with van der Waals surface area (Å²) in [5.41, 5.74) is 1.93. The molecule has 2 N–H and O–H groups in total. The van der Waals surface area contributed by atoms with Crippen molar-refractivity contribution < 1.29 is 9.63 Å². The minimum Gasteiger partial charge on any atom is -0.290 e. The number of hydrogen-bond donors (Lipinski definition) is 2. The summed E-state index contributed by atoms with van der Waals surface area (Å²) in [6.45, 7) is -0.0419. The van der Waals surface area contributed by atoms with Crippen molar-refractivity contribution in [1.82, 2.24) is 15.0 Å². The second-order valence-electron chi connectivity index (χ2n) is 4.16. The van der Waals surface area contributed by atoms with Crippen LogP contribution in [0.25, 0.3) is 0 Å². The lowest BCUT2D eigenvalue weighted by Crippen LogP contribution is -2.35. The van der Waals surface area contributed by atoms with Crippen LogP contribution < -0.4 is 16.7 Å². The van der Waals surface area contributed by atoms with E-state index in [1.54, 1.807) is 0 Å². The summed E-state index contributed by atoms with van der Waals surface area (Å²) in [6, 6.07) is 9.31. The number of amides is 1. The highest BCUT2D eigenvalue weighted by molar-refractivity contribution is 9.10. The van der Waals surface area contributed by atoms with E-state index in [1.807, 2.05) is 30.3 Å². The lowest BCUT2D eigenvalue weighted by atomic mass is 10.2. The molecule has 1 aromatic carbocycles. The van der Waals surface area contributed by atoms with Crippen LogP contribution in [-0.2, 0) is 22.8 Å². The van der Waals surface area contributed by atoms with E-state index in [9.17, 15) is 14.4 Å². The van der Waals surface area contributed by atoms with Crippen LogP contribution in [0.2, 0.25) is 0 Å². The van der Waals surface area contributed by atoms with Gasteiger partial charge in [0.25, 0.3) is 11.5 Å². The largest absolute Gasteiger partial charge is 0.328 e. The fourth-order valence-corrected chi connectivity index (χ4v) is 1.91. The van der Waals surface area contributed by atoms with Crippen LogP contribution >= 0.6 is 15.9 Å². The molecule has 0 aliphatic heterocycles. The van der Waals surface area contributed by atoms with Crippen molar-refractivity contribution in [2.24, 2.45) is 0 Å². The Morgan fingerprint density at radius 2 is 2.00 bits per heavy atom. The molecule has 0 saturated carbocycles. The molecule has 0 bridgehead atoms. The van der Waals surface area contributed by atoms with E-state index in [2.05, 4.69) is 26.4 Å². The minimum atomic E-state index is -0.665. The van der Waals surface area contributed by atoms with Gasteiger partial charge in [-0.05, 0) is 21.5 Å². The number of hydrogen-bond acceptors (Lipinski definition) is 4. The highest BCUT2D eigenvalue weighted by atomic mass is 79.9. The average molecular weight is 354 g/mol. The average Bonchev–Trinajstić information content (AvgIpc) is 2.46. The molecule has 110 valence electrons. The molecule has 0 fully saturated rings. The Bertz CT molecular complexity index is 739. The van der Waals surface area contributed by atoms with Crippen LogP contribution in [0.15, 0.2) is 50.6 Å². The van der Waals surface area contributed by atoms with Gasteiger partial charge in [-0.25, -0.2) is 10.3 Å². The third-order valence-corrected chi connectivity index (χ3v) is 3.11. The zero-order chi connectivity index (χ0) is 15.2. The van der Waals surface area contributed by atoms with E-state index in [1.165, 1.54) is 6.20 Å². The Hall–Kier alpha value is -2.19.